The SMILES string of the molecule is O=C(NCCCc1ccccc1)c1ccc(S)cc1. The van der Waals surface area contributed by atoms with Crippen molar-refractivity contribution in [1.29, 1.82) is 0 Å². The molecular formula is C16H17NOS. The van der Waals surface area contributed by atoms with E-state index in [1.807, 2.05) is 30.3 Å². The van der Waals surface area contributed by atoms with Crippen molar-refractivity contribution in [2.75, 3.05) is 6.54 Å². The standard InChI is InChI=1S/C16H17NOS/c18-16(14-8-10-15(19)11-9-14)17-12-4-7-13-5-2-1-3-6-13/h1-3,5-6,8-11,19H,4,7,12H2,(H,17,18). The van der Waals surface area contributed by atoms with E-state index in [-0.39, 0.29) is 5.91 Å². The molecule has 0 aliphatic carbocycles. The minimum Gasteiger partial charge on any atom is -0.352 e. The van der Waals surface area contributed by atoms with Gasteiger partial charge in [-0.05, 0) is 42.7 Å². The second kappa shape index (κ2) is 7.00. The highest BCUT2D eigenvalue weighted by atomic mass is 32.1. The van der Waals surface area contributed by atoms with E-state index < -0.39 is 0 Å². The van der Waals surface area contributed by atoms with E-state index in [1.165, 1.54) is 5.56 Å². The maximum absolute atomic E-state index is 11.8. The quantitative estimate of drug-likeness (QED) is 0.634. The third-order valence-corrected chi connectivity index (χ3v) is 3.20. The van der Waals surface area contributed by atoms with Crippen molar-refractivity contribution < 1.29 is 4.79 Å². The van der Waals surface area contributed by atoms with Gasteiger partial charge in [0.05, 0.1) is 0 Å². The molecule has 0 radical (unpaired) electrons. The summed E-state index contributed by atoms with van der Waals surface area (Å²) in [6.45, 7) is 0.691. The summed E-state index contributed by atoms with van der Waals surface area (Å²) in [5.74, 6) is -0.0265. The molecule has 98 valence electrons. The summed E-state index contributed by atoms with van der Waals surface area (Å²) in [6.07, 6.45) is 1.93. The van der Waals surface area contributed by atoms with E-state index in [0.717, 1.165) is 17.7 Å². The molecule has 3 heteroatoms. The van der Waals surface area contributed by atoms with E-state index in [0.29, 0.717) is 12.1 Å². The van der Waals surface area contributed by atoms with Crippen LogP contribution < -0.4 is 5.32 Å². The van der Waals surface area contributed by atoms with Crippen LogP contribution in [0.3, 0.4) is 0 Å². The van der Waals surface area contributed by atoms with Crippen molar-refractivity contribution in [3.63, 3.8) is 0 Å². The second-order valence-corrected chi connectivity index (χ2v) is 4.91. The molecule has 0 saturated carbocycles. The first-order valence-corrected chi connectivity index (χ1v) is 6.81. The van der Waals surface area contributed by atoms with Crippen LogP contribution in [-0.4, -0.2) is 12.5 Å². The van der Waals surface area contributed by atoms with E-state index >= 15 is 0 Å². The first-order valence-electron chi connectivity index (χ1n) is 6.37. The fourth-order valence-corrected chi connectivity index (χ4v) is 2.00. The number of benzene rings is 2. The molecule has 0 aliphatic heterocycles. The zero-order valence-electron chi connectivity index (χ0n) is 10.7. The van der Waals surface area contributed by atoms with Gasteiger partial charge in [-0.3, -0.25) is 4.79 Å². The average Bonchev–Trinajstić information content (AvgIpc) is 2.45. The van der Waals surface area contributed by atoms with Gasteiger partial charge in [-0.15, -0.1) is 12.6 Å². The molecule has 0 aliphatic rings. The Morgan fingerprint density at radius 1 is 1.00 bits per heavy atom. The van der Waals surface area contributed by atoms with Crippen LogP contribution in [0.4, 0.5) is 0 Å². The monoisotopic (exact) mass is 271 g/mol. The highest BCUT2D eigenvalue weighted by Gasteiger charge is 2.03. The van der Waals surface area contributed by atoms with Crippen molar-refractivity contribution in [2.45, 2.75) is 17.7 Å². The fraction of sp³-hybridized carbons (Fsp3) is 0.188. The Morgan fingerprint density at radius 3 is 2.37 bits per heavy atom. The van der Waals surface area contributed by atoms with Crippen LogP contribution >= 0.6 is 12.6 Å². The predicted molar refractivity (Wildman–Crippen MR) is 80.8 cm³/mol. The van der Waals surface area contributed by atoms with E-state index in [2.05, 4.69) is 30.1 Å². The van der Waals surface area contributed by atoms with Crippen molar-refractivity contribution >= 4 is 18.5 Å². The maximum Gasteiger partial charge on any atom is 0.251 e. The number of carbonyl (C=O) groups excluding carboxylic acids is 1. The van der Waals surface area contributed by atoms with Gasteiger partial charge in [0.2, 0.25) is 0 Å². The van der Waals surface area contributed by atoms with Crippen molar-refractivity contribution in [1.82, 2.24) is 5.32 Å². The largest absolute Gasteiger partial charge is 0.352 e. The van der Waals surface area contributed by atoms with Crippen molar-refractivity contribution in [3.05, 3.63) is 65.7 Å². The van der Waals surface area contributed by atoms with Crippen LogP contribution in [0.5, 0.6) is 0 Å². The van der Waals surface area contributed by atoms with Gasteiger partial charge in [-0.1, -0.05) is 30.3 Å². The van der Waals surface area contributed by atoms with Crippen LogP contribution in [0.15, 0.2) is 59.5 Å². The average molecular weight is 271 g/mol. The molecule has 0 saturated heterocycles. The Balaban J connectivity index is 1.74. The highest BCUT2D eigenvalue weighted by Crippen LogP contribution is 2.07. The summed E-state index contributed by atoms with van der Waals surface area (Å²) in [4.78, 5) is 12.7. The summed E-state index contributed by atoms with van der Waals surface area (Å²) in [7, 11) is 0. The van der Waals surface area contributed by atoms with Crippen LogP contribution in [-0.2, 0) is 6.42 Å². The Hall–Kier alpha value is -1.74. The van der Waals surface area contributed by atoms with Crippen LogP contribution in [0.1, 0.15) is 22.3 Å². The molecule has 0 spiro atoms. The molecule has 2 aromatic rings. The Labute approximate surface area is 119 Å². The molecule has 0 heterocycles. The van der Waals surface area contributed by atoms with E-state index in [1.54, 1.807) is 12.1 Å². The third-order valence-electron chi connectivity index (χ3n) is 2.90. The molecule has 2 nitrogen and oxygen atoms in total. The number of hydrogen-bond donors (Lipinski definition) is 2. The van der Waals surface area contributed by atoms with Crippen LogP contribution in [0.25, 0.3) is 0 Å². The number of amides is 1. The number of aryl methyl sites for hydroxylation is 1. The van der Waals surface area contributed by atoms with Gasteiger partial charge in [0.25, 0.3) is 5.91 Å². The molecule has 19 heavy (non-hydrogen) atoms. The zero-order chi connectivity index (χ0) is 13.5. The van der Waals surface area contributed by atoms with E-state index in [4.69, 9.17) is 0 Å². The number of nitrogens with one attached hydrogen (secondary N) is 1. The summed E-state index contributed by atoms with van der Waals surface area (Å²) in [6, 6.07) is 17.5. The zero-order valence-corrected chi connectivity index (χ0v) is 11.6. The van der Waals surface area contributed by atoms with Gasteiger partial charge in [0.1, 0.15) is 0 Å². The molecule has 0 atom stereocenters. The lowest BCUT2D eigenvalue weighted by Crippen LogP contribution is -2.24. The molecule has 2 aromatic carbocycles. The number of rotatable bonds is 5. The predicted octanol–water partition coefficient (Wildman–Crippen LogP) is 3.34. The summed E-state index contributed by atoms with van der Waals surface area (Å²) in [5.41, 5.74) is 1.98. The van der Waals surface area contributed by atoms with Gasteiger partial charge in [-0.25, -0.2) is 0 Å². The minimum absolute atomic E-state index is 0.0265. The number of carbonyl (C=O) groups is 1. The number of thiol groups is 1. The summed E-state index contributed by atoms with van der Waals surface area (Å²) in [5, 5.41) is 2.92. The van der Waals surface area contributed by atoms with Gasteiger partial charge < -0.3 is 5.32 Å². The van der Waals surface area contributed by atoms with Gasteiger partial charge >= 0.3 is 0 Å². The van der Waals surface area contributed by atoms with E-state index in [9.17, 15) is 4.79 Å². The molecule has 1 amide bonds. The van der Waals surface area contributed by atoms with Gasteiger partial charge in [0.15, 0.2) is 0 Å². The van der Waals surface area contributed by atoms with Crippen molar-refractivity contribution in [3.8, 4) is 0 Å². The fourth-order valence-electron chi connectivity index (χ4n) is 1.85. The third kappa shape index (κ3) is 4.45. The highest BCUT2D eigenvalue weighted by molar-refractivity contribution is 7.80. The lowest BCUT2D eigenvalue weighted by Gasteiger charge is -2.05. The summed E-state index contributed by atoms with van der Waals surface area (Å²) < 4.78 is 0. The molecule has 2 rings (SSSR count). The molecule has 0 bridgehead atoms. The number of hydrogen-bond acceptors (Lipinski definition) is 2. The second-order valence-electron chi connectivity index (χ2n) is 4.39. The molecule has 0 unspecified atom stereocenters. The van der Waals surface area contributed by atoms with Crippen LogP contribution in [0.2, 0.25) is 0 Å². The molecule has 0 fully saturated rings. The molecule has 0 aromatic heterocycles. The smallest absolute Gasteiger partial charge is 0.251 e. The Kier molecular flexibility index (Phi) is 5.04. The molecule has 1 N–H and O–H groups in total. The Morgan fingerprint density at radius 2 is 1.68 bits per heavy atom. The normalized spacial score (nSPS) is 10.2. The summed E-state index contributed by atoms with van der Waals surface area (Å²) >= 11 is 4.19. The topological polar surface area (TPSA) is 29.1 Å². The maximum atomic E-state index is 11.8. The first kappa shape index (κ1) is 13.7. The molecular weight excluding hydrogens is 254 g/mol. The van der Waals surface area contributed by atoms with Gasteiger partial charge in [-0.2, -0.15) is 0 Å². The lowest BCUT2D eigenvalue weighted by molar-refractivity contribution is 0.0953. The van der Waals surface area contributed by atoms with Gasteiger partial charge in [0, 0.05) is 17.0 Å². The van der Waals surface area contributed by atoms with Crippen molar-refractivity contribution in [2.24, 2.45) is 0 Å². The lowest BCUT2D eigenvalue weighted by atomic mass is 10.1. The minimum atomic E-state index is -0.0265. The first-order chi connectivity index (χ1) is 9.25. The van der Waals surface area contributed by atoms with Crippen LogP contribution in [0, 0.1) is 0 Å². The Bertz CT molecular complexity index is 522.